The molecule has 1 aromatic carbocycles. The van der Waals surface area contributed by atoms with Crippen LogP contribution in [0.1, 0.15) is 27.3 Å². The summed E-state index contributed by atoms with van der Waals surface area (Å²) in [5.74, 6) is -1.63. The number of rotatable bonds is 7. The summed E-state index contributed by atoms with van der Waals surface area (Å²) in [7, 11) is 1.42. The molecule has 26 heavy (non-hydrogen) atoms. The lowest BCUT2D eigenvalue weighted by molar-refractivity contribution is -0.0602. The summed E-state index contributed by atoms with van der Waals surface area (Å²) < 4.78 is 44.2. The van der Waals surface area contributed by atoms with Gasteiger partial charge in [0.2, 0.25) is 5.13 Å². The number of thiazole rings is 1. The molecule has 1 heterocycles. The van der Waals surface area contributed by atoms with Gasteiger partial charge in [-0.1, -0.05) is 0 Å². The molecule has 0 fully saturated rings. The van der Waals surface area contributed by atoms with Crippen LogP contribution in [0.3, 0.4) is 0 Å². The van der Waals surface area contributed by atoms with E-state index in [-0.39, 0.29) is 16.4 Å². The molecule has 0 saturated heterocycles. The lowest BCUT2D eigenvalue weighted by Crippen LogP contribution is -2.27. The molecule has 0 unspecified atom stereocenters. The number of halogens is 3. The first-order valence-corrected chi connectivity index (χ1v) is 7.84. The van der Waals surface area contributed by atoms with Gasteiger partial charge in [-0.15, -0.1) is 11.3 Å². The summed E-state index contributed by atoms with van der Waals surface area (Å²) >= 11 is 0.774. The number of carboxylic acids is 1. The number of nitrogens with one attached hydrogen (secondary N) is 1. The average Bonchev–Trinajstić information content (AvgIpc) is 3.06. The molecule has 2 N–H and O–H groups in total. The van der Waals surface area contributed by atoms with E-state index < -0.39 is 30.1 Å². The largest absolute Gasteiger partial charge is 0.497 e. The number of hydrogen-bond donors (Lipinski definition) is 2. The van der Waals surface area contributed by atoms with Gasteiger partial charge in [0.1, 0.15) is 11.5 Å². The van der Waals surface area contributed by atoms with E-state index in [4.69, 9.17) is 9.84 Å². The van der Waals surface area contributed by atoms with Gasteiger partial charge in [0, 0.05) is 10.9 Å². The van der Waals surface area contributed by atoms with Gasteiger partial charge in [0.15, 0.2) is 11.5 Å². The minimum absolute atomic E-state index is 0.0742. The number of ketones is 1. The van der Waals surface area contributed by atoms with Crippen LogP contribution in [-0.4, -0.2) is 40.8 Å². The van der Waals surface area contributed by atoms with Crippen molar-refractivity contribution in [2.45, 2.75) is 12.6 Å². The summed E-state index contributed by atoms with van der Waals surface area (Å²) in [4.78, 5) is 26.3. The van der Waals surface area contributed by atoms with Crippen molar-refractivity contribution in [1.29, 1.82) is 0 Å². The zero-order chi connectivity index (χ0) is 19.3. The van der Waals surface area contributed by atoms with E-state index in [1.54, 1.807) is 0 Å². The van der Waals surface area contributed by atoms with Gasteiger partial charge < -0.3 is 9.84 Å². The Kier molecular flexibility index (Phi) is 5.93. The molecule has 0 atom stereocenters. The molecule has 0 bridgehead atoms. The number of anilines is 1. The third-order valence-corrected chi connectivity index (χ3v) is 3.82. The monoisotopic (exact) mass is 387 g/mol. The van der Waals surface area contributed by atoms with Crippen molar-refractivity contribution < 1.29 is 32.6 Å². The molecule has 2 aromatic rings. The molecule has 0 aliphatic heterocycles. The molecule has 0 aliphatic rings. The number of hydrazone groups is 1. The number of nitrogens with zero attached hydrogens (tertiary/aromatic N) is 2. The Bertz CT molecular complexity index is 831. The van der Waals surface area contributed by atoms with E-state index >= 15 is 0 Å². The van der Waals surface area contributed by atoms with Gasteiger partial charge in [-0.3, -0.25) is 10.2 Å². The van der Waals surface area contributed by atoms with Crippen molar-refractivity contribution in [2.24, 2.45) is 5.10 Å². The minimum atomic E-state index is -4.85. The first-order chi connectivity index (χ1) is 12.2. The molecule has 2 rings (SSSR count). The van der Waals surface area contributed by atoms with E-state index in [2.05, 4.69) is 10.1 Å². The Morgan fingerprint density at radius 3 is 2.46 bits per heavy atom. The van der Waals surface area contributed by atoms with Crippen LogP contribution < -0.4 is 10.2 Å². The van der Waals surface area contributed by atoms with Gasteiger partial charge in [0.05, 0.1) is 13.5 Å². The number of alkyl halides is 3. The number of hydrogen-bond acceptors (Lipinski definition) is 7. The van der Waals surface area contributed by atoms with Gasteiger partial charge in [-0.2, -0.15) is 18.3 Å². The molecule has 11 heteroatoms. The normalized spacial score (nSPS) is 11.9. The second kappa shape index (κ2) is 7.95. The van der Waals surface area contributed by atoms with Gasteiger partial charge in [-0.25, -0.2) is 9.78 Å². The molecule has 138 valence electrons. The van der Waals surface area contributed by atoms with Crippen molar-refractivity contribution >= 4 is 33.9 Å². The first-order valence-electron chi connectivity index (χ1n) is 6.96. The van der Waals surface area contributed by atoms with Crippen LogP contribution in [0.25, 0.3) is 0 Å². The third kappa shape index (κ3) is 5.02. The van der Waals surface area contributed by atoms with Gasteiger partial charge in [-0.05, 0) is 24.3 Å². The quantitative estimate of drug-likeness (QED) is 0.429. The topological polar surface area (TPSA) is 101 Å². The number of aromatic nitrogens is 1. The fourth-order valence-corrected chi connectivity index (χ4v) is 2.40. The van der Waals surface area contributed by atoms with Crippen LogP contribution in [0.4, 0.5) is 18.3 Å². The number of benzene rings is 1. The lowest BCUT2D eigenvalue weighted by atomic mass is 10.1. The van der Waals surface area contributed by atoms with E-state index in [9.17, 15) is 22.8 Å². The van der Waals surface area contributed by atoms with Crippen LogP contribution in [0.15, 0.2) is 34.7 Å². The first kappa shape index (κ1) is 19.4. The Labute approximate surface area is 149 Å². The maximum atomic E-state index is 13.1. The number of Topliss-reactive ketones (excluding diaryl/α,β-unsaturated/α-hetero) is 1. The number of aromatic carboxylic acids is 1. The zero-order valence-corrected chi connectivity index (χ0v) is 14.0. The molecule has 0 radical (unpaired) electrons. The third-order valence-electron chi connectivity index (χ3n) is 3.08. The summed E-state index contributed by atoms with van der Waals surface area (Å²) in [5, 5.41) is 12.9. The van der Waals surface area contributed by atoms with Crippen molar-refractivity contribution in [3.63, 3.8) is 0 Å². The Balaban J connectivity index is 2.15. The molecular formula is C15H12F3N3O4S. The Morgan fingerprint density at radius 2 is 1.96 bits per heavy atom. The fraction of sp³-hybridized carbons (Fsp3) is 0.200. The second-order valence-electron chi connectivity index (χ2n) is 4.84. The molecule has 0 aliphatic carbocycles. The van der Waals surface area contributed by atoms with Gasteiger partial charge >= 0.3 is 12.1 Å². The smallest absolute Gasteiger partial charge is 0.431 e. The summed E-state index contributed by atoms with van der Waals surface area (Å²) in [6.45, 7) is 0. The lowest BCUT2D eigenvalue weighted by Gasteiger charge is -2.10. The number of carbonyl (C=O) groups is 2. The van der Waals surface area contributed by atoms with Crippen molar-refractivity contribution in [1.82, 2.24) is 4.98 Å². The standard InChI is InChI=1S/C15H12F3N3O4S/c1-25-9-4-2-8(3-5-9)11(22)6-12(15(16,17)18)20-21-14-19-10(7-26-14)13(23)24/h2-5,7H,6H2,1H3,(H,19,21)(H,23,24)/b20-12+. The number of methoxy groups -OCH3 is 1. The van der Waals surface area contributed by atoms with Gasteiger partial charge in [0.25, 0.3) is 0 Å². The van der Waals surface area contributed by atoms with Crippen LogP contribution in [-0.2, 0) is 0 Å². The molecule has 7 nitrogen and oxygen atoms in total. The number of carbonyl (C=O) groups excluding carboxylic acids is 1. The van der Waals surface area contributed by atoms with Crippen LogP contribution in [0.5, 0.6) is 5.75 Å². The predicted molar refractivity (Wildman–Crippen MR) is 88.1 cm³/mol. The minimum Gasteiger partial charge on any atom is -0.497 e. The highest BCUT2D eigenvalue weighted by Gasteiger charge is 2.37. The fourth-order valence-electron chi connectivity index (χ4n) is 1.77. The molecule has 0 spiro atoms. The molecular weight excluding hydrogens is 375 g/mol. The molecule has 1 aromatic heterocycles. The second-order valence-corrected chi connectivity index (χ2v) is 5.70. The predicted octanol–water partition coefficient (Wildman–Crippen LogP) is 3.45. The maximum absolute atomic E-state index is 13.1. The van der Waals surface area contributed by atoms with Crippen LogP contribution >= 0.6 is 11.3 Å². The van der Waals surface area contributed by atoms with E-state index in [0.717, 1.165) is 16.7 Å². The van der Waals surface area contributed by atoms with E-state index in [0.29, 0.717) is 5.75 Å². The van der Waals surface area contributed by atoms with E-state index in [1.165, 1.54) is 31.4 Å². The maximum Gasteiger partial charge on any atom is 0.431 e. The van der Waals surface area contributed by atoms with Crippen molar-refractivity contribution in [3.8, 4) is 5.75 Å². The Hall–Kier alpha value is -2.95. The van der Waals surface area contributed by atoms with Crippen molar-refractivity contribution in [3.05, 3.63) is 40.9 Å². The van der Waals surface area contributed by atoms with E-state index in [1.807, 2.05) is 5.43 Å². The van der Waals surface area contributed by atoms with Crippen molar-refractivity contribution in [2.75, 3.05) is 12.5 Å². The Morgan fingerprint density at radius 1 is 1.31 bits per heavy atom. The molecule has 0 saturated carbocycles. The SMILES string of the molecule is COc1ccc(C(=O)C/C(=N\Nc2nc(C(=O)O)cs2)C(F)(F)F)cc1. The van der Waals surface area contributed by atoms with Crippen LogP contribution in [0.2, 0.25) is 0 Å². The highest BCUT2D eigenvalue weighted by atomic mass is 32.1. The summed E-state index contributed by atoms with van der Waals surface area (Å²) in [5.41, 5.74) is 0.436. The average molecular weight is 387 g/mol. The highest BCUT2D eigenvalue weighted by Crippen LogP contribution is 2.23. The van der Waals surface area contributed by atoms with Crippen LogP contribution in [0, 0.1) is 0 Å². The number of ether oxygens (including phenoxy) is 1. The molecule has 0 amide bonds. The zero-order valence-electron chi connectivity index (χ0n) is 13.2. The summed E-state index contributed by atoms with van der Waals surface area (Å²) in [6, 6.07) is 5.61. The summed E-state index contributed by atoms with van der Waals surface area (Å²) in [6.07, 6.45) is -5.83. The number of carboxylic acid groups (broad SMARTS) is 1. The highest BCUT2D eigenvalue weighted by molar-refractivity contribution is 7.13.